The molecule has 150 valence electrons. The molecule has 0 fully saturated rings. The van der Waals surface area contributed by atoms with E-state index in [-0.39, 0.29) is 30.7 Å². The van der Waals surface area contributed by atoms with Gasteiger partial charge in [0.05, 0.1) is 14.2 Å². The van der Waals surface area contributed by atoms with Crippen molar-refractivity contribution in [2.24, 2.45) is 0 Å². The number of carbonyl (C=O) groups excluding carboxylic acids is 2. The van der Waals surface area contributed by atoms with E-state index in [2.05, 4.69) is 10.6 Å². The van der Waals surface area contributed by atoms with Crippen LogP contribution in [0, 0.1) is 0 Å². The van der Waals surface area contributed by atoms with Crippen LogP contribution in [0.3, 0.4) is 0 Å². The molecule has 1 atom stereocenters. The smallest absolute Gasteiger partial charge is 0.260 e. The molecule has 0 aliphatic carbocycles. The zero-order chi connectivity index (χ0) is 20.5. The van der Waals surface area contributed by atoms with Gasteiger partial charge in [0.15, 0.2) is 17.6 Å². The van der Waals surface area contributed by atoms with E-state index in [0.29, 0.717) is 22.8 Å². The maximum absolute atomic E-state index is 12.2. The second-order valence-corrected chi connectivity index (χ2v) is 5.87. The number of benzene rings is 2. The number of ether oxygens (including phenoxy) is 3. The second-order valence-electron chi connectivity index (χ2n) is 5.87. The zero-order valence-corrected chi connectivity index (χ0v) is 16.0. The maximum atomic E-state index is 12.2. The monoisotopic (exact) mass is 388 g/mol. The van der Waals surface area contributed by atoms with Gasteiger partial charge in [-0.25, -0.2) is 0 Å². The van der Waals surface area contributed by atoms with Gasteiger partial charge in [0.2, 0.25) is 0 Å². The van der Waals surface area contributed by atoms with Gasteiger partial charge in [0.25, 0.3) is 11.8 Å². The number of phenols is 1. The van der Waals surface area contributed by atoms with E-state index >= 15 is 0 Å². The molecule has 2 amide bonds. The number of phenolic OH excluding ortho intramolecular Hbond substituents is 1. The topological polar surface area (TPSA) is 106 Å². The van der Waals surface area contributed by atoms with Crippen LogP contribution in [-0.2, 0) is 4.79 Å². The van der Waals surface area contributed by atoms with Gasteiger partial charge in [-0.3, -0.25) is 9.59 Å². The van der Waals surface area contributed by atoms with Gasteiger partial charge in [-0.15, -0.1) is 0 Å². The van der Waals surface area contributed by atoms with Gasteiger partial charge in [-0.05, 0) is 49.4 Å². The fourth-order valence-electron chi connectivity index (χ4n) is 2.37. The van der Waals surface area contributed by atoms with E-state index in [1.54, 1.807) is 37.3 Å². The molecule has 0 bridgehead atoms. The highest BCUT2D eigenvalue weighted by Gasteiger charge is 2.14. The van der Waals surface area contributed by atoms with Crippen LogP contribution in [0.15, 0.2) is 42.5 Å². The summed E-state index contributed by atoms with van der Waals surface area (Å²) in [5.41, 5.74) is 0.424. The molecule has 0 aliphatic heterocycles. The minimum Gasteiger partial charge on any atom is -0.508 e. The SMILES string of the molecule is COc1ccc(C(=O)NCCNC(=O)C(C)Oc2ccc(O)cc2)cc1OC. The predicted octanol–water partition coefficient (Wildman–Crippen LogP) is 1.72. The Bertz CT molecular complexity index is 807. The molecule has 0 saturated carbocycles. The van der Waals surface area contributed by atoms with Crippen molar-refractivity contribution in [3.05, 3.63) is 48.0 Å². The summed E-state index contributed by atoms with van der Waals surface area (Å²) in [7, 11) is 3.02. The minimum atomic E-state index is -0.717. The Kier molecular flexibility index (Phi) is 7.50. The molecule has 0 aliphatic rings. The number of nitrogens with one attached hydrogen (secondary N) is 2. The van der Waals surface area contributed by atoms with Crippen molar-refractivity contribution < 1.29 is 28.9 Å². The summed E-state index contributed by atoms with van der Waals surface area (Å²) in [4.78, 5) is 24.2. The summed E-state index contributed by atoms with van der Waals surface area (Å²) < 4.78 is 15.8. The van der Waals surface area contributed by atoms with E-state index in [0.717, 1.165) is 0 Å². The van der Waals surface area contributed by atoms with E-state index in [1.807, 2.05) is 0 Å². The number of aromatic hydroxyl groups is 1. The first-order valence-electron chi connectivity index (χ1n) is 8.68. The molecule has 2 aromatic rings. The van der Waals surface area contributed by atoms with Crippen LogP contribution in [0.25, 0.3) is 0 Å². The summed E-state index contributed by atoms with van der Waals surface area (Å²) in [5, 5.41) is 14.7. The molecule has 28 heavy (non-hydrogen) atoms. The molecule has 0 spiro atoms. The summed E-state index contributed by atoms with van der Waals surface area (Å²) in [6.45, 7) is 2.12. The first kappa shape index (κ1) is 20.9. The molecular weight excluding hydrogens is 364 g/mol. The molecule has 8 nitrogen and oxygen atoms in total. The second kappa shape index (κ2) is 10.1. The van der Waals surface area contributed by atoms with Gasteiger partial charge < -0.3 is 30.0 Å². The number of hydrogen-bond acceptors (Lipinski definition) is 6. The van der Waals surface area contributed by atoms with Crippen LogP contribution < -0.4 is 24.8 Å². The fourth-order valence-corrected chi connectivity index (χ4v) is 2.37. The summed E-state index contributed by atoms with van der Waals surface area (Å²) in [6, 6.07) is 11.0. The Balaban J connectivity index is 1.76. The van der Waals surface area contributed by atoms with Gasteiger partial charge in [0.1, 0.15) is 11.5 Å². The minimum absolute atomic E-state index is 0.120. The van der Waals surface area contributed by atoms with Gasteiger partial charge in [0, 0.05) is 18.7 Å². The van der Waals surface area contributed by atoms with Gasteiger partial charge >= 0.3 is 0 Å². The Morgan fingerprint density at radius 3 is 2.25 bits per heavy atom. The lowest BCUT2D eigenvalue weighted by Crippen LogP contribution is -2.40. The van der Waals surface area contributed by atoms with E-state index in [1.165, 1.54) is 26.4 Å². The van der Waals surface area contributed by atoms with Gasteiger partial charge in [-0.1, -0.05) is 0 Å². The van der Waals surface area contributed by atoms with E-state index < -0.39 is 6.10 Å². The predicted molar refractivity (Wildman–Crippen MR) is 103 cm³/mol. The number of rotatable bonds is 9. The Labute approximate surface area is 163 Å². The average molecular weight is 388 g/mol. The highest BCUT2D eigenvalue weighted by Crippen LogP contribution is 2.27. The summed E-state index contributed by atoms with van der Waals surface area (Å²) in [6.07, 6.45) is -0.717. The van der Waals surface area contributed by atoms with Crippen molar-refractivity contribution in [1.82, 2.24) is 10.6 Å². The molecule has 1 unspecified atom stereocenters. The first-order chi connectivity index (χ1) is 13.4. The van der Waals surface area contributed by atoms with Crippen molar-refractivity contribution in [3.63, 3.8) is 0 Å². The lowest BCUT2D eigenvalue weighted by Gasteiger charge is -2.15. The highest BCUT2D eigenvalue weighted by atomic mass is 16.5. The van der Waals surface area contributed by atoms with Crippen molar-refractivity contribution in [3.8, 4) is 23.0 Å². The number of carbonyl (C=O) groups is 2. The summed E-state index contributed by atoms with van der Waals surface area (Å²) in [5.74, 6) is 0.992. The number of amides is 2. The van der Waals surface area contributed by atoms with Crippen LogP contribution in [0.1, 0.15) is 17.3 Å². The lowest BCUT2D eigenvalue weighted by molar-refractivity contribution is -0.127. The molecule has 0 saturated heterocycles. The quantitative estimate of drug-likeness (QED) is 0.565. The summed E-state index contributed by atoms with van der Waals surface area (Å²) >= 11 is 0. The Morgan fingerprint density at radius 1 is 0.964 bits per heavy atom. The molecule has 2 aromatic carbocycles. The molecule has 0 aromatic heterocycles. The van der Waals surface area contributed by atoms with Crippen LogP contribution in [-0.4, -0.2) is 50.3 Å². The largest absolute Gasteiger partial charge is 0.508 e. The normalized spacial score (nSPS) is 11.2. The number of methoxy groups -OCH3 is 2. The van der Waals surface area contributed by atoms with Crippen molar-refractivity contribution in [2.45, 2.75) is 13.0 Å². The average Bonchev–Trinajstić information content (AvgIpc) is 2.71. The third kappa shape index (κ3) is 5.80. The number of hydrogen-bond donors (Lipinski definition) is 3. The van der Waals surface area contributed by atoms with E-state index in [4.69, 9.17) is 14.2 Å². The third-order valence-corrected chi connectivity index (χ3v) is 3.87. The lowest BCUT2D eigenvalue weighted by atomic mass is 10.2. The maximum Gasteiger partial charge on any atom is 0.260 e. The third-order valence-electron chi connectivity index (χ3n) is 3.87. The van der Waals surface area contributed by atoms with Crippen LogP contribution >= 0.6 is 0 Å². The fraction of sp³-hybridized carbons (Fsp3) is 0.300. The van der Waals surface area contributed by atoms with Crippen molar-refractivity contribution in [1.29, 1.82) is 0 Å². The van der Waals surface area contributed by atoms with Crippen molar-refractivity contribution in [2.75, 3.05) is 27.3 Å². The molecule has 0 radical (unpaired) electrons. The van der Waals surface area contributed by atoms with Crippen LogP contribution in [0.5, 0.6) is 23.0 Å². The molecule has 8 heteroatoms. The Hall–Kier alpha value is -3.42. The van der Waals surface area contributed by atoms with E-state index in [9.17, 15) is 14.7 Å². The van der Waals surface area contributed by atoms with Gasteiger partial charge in [-0.2, -0.15) is 0 Å². The van der Waals surface area contributed by atoms with Crippen LogP contribution in [0.2, 0.25) is 0 Å². The molecule has 3 N–H and O–H groups in total. The Morgan fingerprint density at radius 2 is 1.61 bits per heavy atom. The molecule has 0 heterocycles. The highest BCUT2D eigenvalue weighted by molar-refractivity contribution is 5.94. The molecule has 2 rings (SSSR count). The molecular formula is C20H24N2O6. The zero-order valence-electron chi connectivity index (χ0n) is 16.0. The van der Waals surface area contributed by atoms with Crippen LogP contribution in [0.4, 0.5) is 0 Å². The van der Waals surface area contributed by atoms with Crippen molar-refractivity contribution >= 4 is 11.8 Å². The first-order valence-corrected chi connectivity index (χ1v) is 8.68. The standard InChI is InChI=1S/C20H24N2O6/c1-13(28-16-7-5-15(23)6-8-16)19(24)21-10-11-22-20(25)14-4-9-17(26-2)18(12-14)27-3/h4-9,12-13,23H,10-11H2,1-3H3,(H,21,24)(H,22,25).